The van der Waals surface area contributed by atoms with Crippen molar-refractivity contribution in [3.8, 4) is 0 Å². The molecule has 0 saturated carbocycles. The summed E-state index contributed by atoms with van der Waals surface area (Å²) in [4.78, 5) is 25.9. The molecule has 3 N–H and O–H groups in total. The monoisotopic (exact) mass is 377 g/mol. The Hall–Kier alpha value is -1.34. The van der Waals surface area contributed by atoms with E-state index >= 15 is 0 Å². The molecule has 0 aliphatic carbocycles. The number of rotatable bonds is 8. The number of carbonyl (C=O) groups is 2. The lowest BCUT2D eigenvalue weighted by molar-refractivity contribution is -0.118. The minimum absolute atomic E-state index is 0. The number of nitrogens with two attached hydrogens (primary N) is 1. The van der Waals surface area contributed by atoms with Crippen LogP contribution in [-0.4, -0.2) is 49.6 Å². The molecule has 0 spiro atoms. The Morgan fingerprint density at radius 1 is 1.33 bits per heavy atom. The first-order valence-corrected chi connectivity index (χ1v) is 7.96. The number of nitrogens with one attached hydrogen (secondary N) is 1. The number of carbonyl (C=O) groups excluding carboxylic acids is 2. The van der Waals surface area contributed by atoms with Gasteiger partial charge in [0.2, 0.25) is 5.91 Å². The van der Waals surface area contributed by atoms with Crippen LogP contribution in [-0.2, 0) is 9.53 Å². The average molecular weight is 378 g/mol. The van der Waals surface area contributed by atoms with Gasteiger partial charge in [0.25, 0.3) is 5.91 Å². The third-order valence-electron chi connectivity index (χ3n) is 3.54. The van der Waals surface area contributed by atoms with Crippen molar-refractivity contribution in [1.29, 1.82) is 0 Å². The van der Waals surface area contributed by atoms with Gasteiger partial charge in [0.15, 0.2) is 0 Å². The van der Waals surface area contributed by atoms with E-state index in [2.05, 4.69) is 5.32 Å². The van der Waals surface area contributed by atoms with Gasteiger partial charge in [-0.3, -0.25) is 9.59 Å². The molecule has 0 saturated heterocycles. The van der Waals surface area contributed by atoms with E-state index in [4.69, 9.17) is 22.1 Å². The van der Waals surface area contributed by atoms with Crippen LogP contribution in [0, 0.1) is 0 Å². The van der Waals surface area contributed by atoms with Crippen molar-refractivity contribution in [2.24, 2.45) is 5.73 Å². The van der Waals surface area contributed by atoms with Gasteiger partial charge >= 0.3 is 0 Å². The van der Waals surface area contributed by atoms with E-state index in [-0.39, 0.29) is 43.3 Å². The van der Waals surface area contributed by atoms with Crippen molar-refractivity contribution in [3.05, 3.63) is 28.8 Å². The number of benzene rings is 1. The van der Waals surface area contributed by atoms with Crippen LogP contribution in [0.4, 0.5) is 5.69 Å². The van der Waals surface area contributed by atoms with Crippen LogP contribution in [0.25, 0.3) is 0 Å². The zero-order valence-electron chi connectivity index (χ0n) is 14.2. The van der Waals surface area contributed by atoms with Crippen LogP contribution in [0.15, 0.2) is 18.2 Å². The Labute approximate surface area is 154 Å². The summed E-state index contributed by atoms with van der Waals surface area (Å²) in [6, 6.07) is 4.85. The molecule has 6 nitrogen and oxygen atoms in total. The highest BCUT2D eigenvalue weighted by molar-refractivity contribution is 6.34. The Kier molecular flexibility index (Phi) is 10.6. The first-order valence-electron chi connectivity index (χ1n) is 7.58. The number of hydrogen-bond donors (Lipinski definition) is 2. The lowest BCUT2D eigenvalue weighted by Crippen LogP contribution is -2.30. The summed E-state index contributed by atoms with van der Waals surface area (Å²) in [5.74, 6) is -0.346. The number of anilines is 1. The first kappa shape index (κ1) is 22.7. The molecule has 0 bridgehead atoms. The largest absolute Gasteiger partial charge is 0.380 e. The van der Waals surface area contributed by atoms with E-state index in [0.29, 0.717) is 29.4 Å². The second-order valence-electron chi connectivity index (χ2n) is 5.02. The summed E-state index contributed by atoms with van der Waals surface area (Å²) < 4.78 is 5.07. The average Bonchev–Trinajstić information content (AvgIpc) is 2.53. The number of hydrogen-bond acceptors (Lipinski definition) is 4. The molecule has 0 fully saturated rings. The predicted octanol–water partition coefficient (Wildman–Crippen LogP) is 2.55. The van der Waals surface area contributed by atoms with Gasteiger partial charge in [-0.15, -0.1) is 12.4 Å². The van der Waals surface area contributed by atoms with Crippen molar-refractivity contribution >= 4 is 41.5 Å². The summed E-state index contributed by atoms with van der Waals surface area (Å²) in [7, 11) is 1.51. The molecular formula is C16H25Cl2N3O3. The van der Waals surface area contributed by atoms with E-state index in [1.165, 1.54) is 7.11 Å². The third kappa shape index (κ3) is 6.28. The van der Waals surface area contributed by atoms with Gasteiger partial charge in [0, 0.05) is 32.4 Å². The van der Waals surface area contributed by atoms with Crippen LogP contribution < -0.4 is 11.1 Å². The molecule has 1 aromatic carbocycles. The molecule has 8 heteroatoms. The Balaban J connectivity index is 0.00000529. The van der Waals surface area contributed by atoms with Crippen LogP contribution in [0.5, 0.6) is 0 Å². The van der Waals surface area contributed by atoms with Crippen molar-refractivity contribution in [2.45, 2.75) is 26.4 Å². The first-order chi connectivity index (χ1) is 11.0. The molecule has 0 radical (unpaired) electrons. The summed E-state index contributed by atoms with van der Waals surface area (Å²) >= 11 is 6.18. The van der Waals surface area contributed by atoms with Crippen molar-refractivity contribution in [2.75, 3.05) is 32.1 Å². The molecule has 24 heavy (non-hydrogen) atoms. The summed E-state index contributed by atoms with van der Waals surface area (Å²) in [5, 5.41) is 3.03. The molecular weight excluding hydrogens is 353 g/mol. The van der Waals surface area contributed by atoms with Gasteiger partial charge in [0.1, 0.15) is 0 Å². The standard InChI is InChI=1S/C16H24ClN3O3.ClH/c1-4-20(5-2)16(22)13-7-6-11(8-14(13)17)19-15(21)9-12(10-18)23-3;/h6-8,12H,4-5,9-10,18H2,1-3H3,(H,19,21);1H. The number of halogens is 2. The summed E-state index contributed by atoms with van der Waals surface area (Å²) in [6.07, 6.45) is -0.168. The van der Waals surface area contributed by atoms with Gasteiger partial charge in [-0.1, -0.05) is 11.6 Å². The van der Waals surface area contributed by atoms with Gasteiger partial charge in [-0.2, -0.15) is 0 Å². The van der Waals surface area contributed by atoms with Crippen LogP contribution in [0.2, 0.25) is 5.02 Å². The molecule has 1 aromatic rings. The van der Waals surface area contributed by atoms with Gasteiger partial charge in [0.05, 0.1) is 23.1 Å². The number of amides is 2. The third-order valence-corrected chi connectivity index (χ3v) is 3.86. The molecule has 136 valence electrons. The number of ether oxygens (including phenoxy) is 1. The minimum atomic E-state index is -0.325. The highest BCUT2D eigenvalue weighted by atomic mass is 35.5. The summed E-state index contributed by atoms with van der Waals surface area (Å²) in [5.41, 5.74) is 6.44. The maximum atomic E-state index is 12.3. The lowest BCUT2D eigenvalue weighted by Gasteiger charge is -2.19. The fourth-order valence-electron chi connectivity index (χ4n) is 2.13. The van der Waals surface area contributed by atoms with Crippen molar-refractivity contribution in [1.82, 2.24) is 4.90 Å². The molecule has 1 rings (SSSR count). The van der Waals surface area contributed by atoms with E-state index < -0.39 is 0 Å². The fourth-order valence-corrected chi connectivity index (χ4v) is 2.39. The van der Waals surface area contributed by atoms with Gasteiger partial charge in [-0.05, 0) is 32.0 Å². The van der Waals surface area contributed by atoms with Crippen LogP contribution in [0.1, 0.15) is 30.6 Å². The van der Waals surface area contributed by atoms with Crippen molar-refractivity contribution in [3.63, 3.8) is 0 Å². The molecule has 2 amide bonds. The Morgan fingerprint density at radius 3 is 2.42 bits per heavy atom. The normalized spacial score (nSPS) is 11.4. The quantitative estimate of drug-likeness (QED) is 0.728. The molecule has 0 aliphatic heterocycles. The van der Waals surface area contributed by atoms with E-state index in [9.17, 15) is 9.59 Å². The van der Waals surface area contributed by atoms with Gasteiger partial charge < -0.3 is 20.7 Å². The molecule has 0 heterocycles. The SMILES string of the molecule is CCN(CC)C(=O)c1ccc(NC(=O)CC(CN)OC)cc1Cl.Cl. The lowest BCUT2D eigenvalue weighted by atomic mass is 10.1. The van der Waals surface area contributed by atoms with Crippen LogP contribution in [0.3, 0.4) is 0 Å². The topological polar surface area (TPSA) is 84.7 Å². The second kappa shape index (κ2) is 11.3. The summed E-state index contributed by atoms with van der Waals surface area (Å²) in [6.45, 7) is 5.31. The van der Waals surface area contributed by atoms with E-state index in [1.807, 2.05) is 13.8 Å². The smallest absolute Gasteiger partial charge is 0.255 e. The maximum Gasteiger partial charge on any atom is 0.255 e. The maximum absolute atomic E-state index is 12.3. The van der Waals surface area contributed by atoms with Crippen LogP contribution >= 0.6 is 24.0 Å². The Morgan fingerprint density at radius 2 is 1.96 bits per heavy atom. The molecule has 1 unspecified atom stereocenters. The predicted molar refractivity (Wildman–Crippen MR) is 99.0 cm³/mol. The zero-order valence-corrected chi connectivity index (χ0v) is 15.7. The number of nitrogens with zero attached hydrogens (tertiary/aromatic N) is 1. The van der Waals surface area contributed by atoms with Crippen molar-refractivity contribution < 1.29 is 14.3 Å². The zero-order chi connectivity index (χ0) is 17.4. The minimum Gasteiger partial charge on any atom is -0.380 e. The molecule has 0 aromatic heterocycles. The second-order valence-corrected chi connectivity index (χ2v) is 5.42. The highest BCUT2D eigenvalue weighted by Gasteiger charge is 2.17. The fraction of sp³-hybridized carbons (Fsp3) is 0.500. The van der Waals surface area contributed by atoms with E-state index in [1.54, 1.807) is 23.1 Å². The molecule has 1 atom stereocenters. The Bertz CT molecular complexity index is 547. The molecule has 0 aliphatic rings. The van der Waals surface area contributed by atoms with Gasteiger partial charge in [-0.25, -0.2) is 0 Å². The van der Waals surface area contributed by atoms with E-state index in [0.717, 1.165) is 0 Å². The number of methoxy groups -OCH3 is 1. The highest BCUT2D eigenvalue weighted by Crippen LogP contribution is 2.22.